The molecule has 0 aliphatic rings. The highest BCUT2D eigenvalue weighted by atomic mass is 127. The SMILES string of the molecule is COc1cc(CO)cc(I)c1OCc1cccc(C(=O)O)c1. The van der Waals surface area contributed by atoms with E-state index in [1.54, 1.807) is 24.3 Å². The van der Waals surface area contributed by atoms with Gasteiger partial charge in [0.05, 0.1) is 22.9 Å². The summed E-state index contributed by atoms with van der Waals surface area (Å²) in [7, 11) is 1.53. The van der Waals surface area contributed by atoms with Crippen LogP contribution in [0.25, 0.3) is 0 Å². The Balaban J connectivity index is 2.21. The van der Waals surface area contributed by atoms with E-state index < -0.39 is 5.97 Å². The number of aliphatic hydroxyl groups excluding tert-OH is 1. The predicted molar refractivity (Wildman–Crippen MR) is 89.4 cm³/mol. The molecule has 0 spiro atoms. The summed E-state index contributed by atoms with van der Waals surface area (Å²) in [6.45, 7) is 0.152. The lowest BCUT2D eigenvalue weighted by Gasteiger charge is -2.14. The number of carboxylic acid groups (broad SMARTS) is 1. The average Bonchev–Trinajstić information content (AvgIpc) is 2.53. The minimum atomic E-state index is -0.971. The van der Waals surface area contributed by atoms with Gasteiger partial charge >= 0.3 is 5.97 Å². The van der Waals surface area contributed by atoms with Crippen LogP contribution in [-0.2, 0) is 13.2 Å². The molecule has 2 aromatic rings. The van der Waals surface area contributed by atoms with Crippen molar-refractivity contribution in [2.75, 3.05) is 7.11 Å². The first-order valence-corrected chi connectivity index (χ1v) is 7.55. The van der Waals surface area contributed by atoms with Crippen LogP contribution in [0, 0.1) is 3.57 Å². The van der Waals surface area contributed by atoms with Crippen molar-refractivity contribution in [3.8, 4) is 11.5 Å². The monoisotopic (exact) mass is 414 g/mol. The number of carboxylic acids is 1. The number of aliphatic hydroxyl groups is 1. The molecule has 6 heteroatoms. The molecule has 0 aliphatic carbocycles. The van der Waals surface area contributed by atoms with Gasteiger partial charge in [-0.2, -0.15) is 0 Å². The molecule has 116 valence electrons. The van der Waals surface area contributed by atoms with E-state index >= 15 is 0 Å². The Bertz CT molecular complexity index is 684. The fraction of sp³-hybridized carbons (Fsp3) is 0.188. The van der Waals surface area contributed by atoms with Gasteiger partial charge in [0.1, 0.15) is 6.61 Å². The van der Waals surface area contributed by atoms with E-state index in [-0.39, 0.29) is 18.8 Å². The van der Waals surface area contributed by atoms with E-state index in [2.05, 4.69) is 22.6 Å². The zero-order chi connectivity index (χ0) is 16.1. The molecule has 2 aromatic carbocycles. The van der Waals surface area contributed by atoms with Gasteiger partial charge in [0, 0.05) is 0 Å². The van der Waals surface area contributed by atoms with Gasteiger partial charge < -0.3 is 19.7 Å². The summed E-state index contributed by atoms with van der Waals surface area (Å²) in [4.78, 5) is 11.0. The van der Waals surface area contributed by atoms with E-state index in [0.29, 0.717) is 11.5 Å². The van der Waals surface area contributed by atoms with Gasteiger partial charge in [-0.15, -0.1) is 0 Å². The lowest BCUT2D eigenvalue weighted by molar-refractivity contribution is 0.0696. The molecule has 22 heavy (non-hydrogen) atoms. The fourth-order valence-corrected chi connectivity index (χ4v) is 2.78. The molecule has 0 atom stereocenters. The van der Waals surface area contributed by atoms with Crippen molar-refractivity contribution in [3.63, 3.8) is 0 Å². The Morgan fingerprint density at radius 3 is 2.64 bits per heavy atom. The summed E-state index contributed by atoms with van der Waals surface area (Å²) in [6.07, 6.45) is 0. The Kier molecular flexibility index (Phi) is 5.62. The Labute approximate surface area is 141 Å². The molecular weight excluding hydrogens is 399 g/mol. The number of hydrogen-bond acceptors (Lipinski definition) is 4. The second kappa shape index (κ2) is 7.46. The summed E-state index contributed by atoms with van der Waals surface area (Å²) >= 11 is 2.11. The number of benzene rings is 2. The smallest absolute Gasteiger partial charge is 0.335 e. The van der Waals surface area contributed by atoms with Gasteiger partial charge in [-0.25, -0.2) is 4.79 Å². The lowest BCUT2D eigenvalue weighted by Crippen LogP contribution is -2.03. The number of halogens is 1. The van der Waals surface area contributed by atoms with Crippen LogP contribution in [0.15, 0.2) is 36.4 Å². The second-order valence-corrected chi connectivity index (χ2v) is 5.72. The van der Waals surface area contributed by atoms with Gasteiger partial charge in [-0.1, -0.05) is 12.1 Å². The third-order valence-corrected chi connectivity index (χ3v) is 3.83. The van der Waals surface area contributed by atoms with Crippen molar-refractivity contribution in [1.82, 2.24) is 0 Å². The zero-order valence-electron chi connectivity index (χ0n) is 11.9. The molecule has 5 nitrogen and oxygen atoms in total. The lowest BCUT2D eigenvalue weighted by atomic mass is 10.1. The minimum Gasteiger partial charge on any atom is -0.493 e. The number of ether oxygens (including phenoxy) is 2. The highest BCUT2D eigenvalue weighted by Crippen LogP contribution is 2.34. The molecule has 0 bridgehead atoms. The van der Waals surface area contributed by atoms with Gasteiger partial charge in [0.25, 0.3) is 0 Å². The third-order valence-electron chi connectivity index (χ3n) is 3.03. The Hall–Kier alpha value is -1.80. The summed E-state index contributed by atoms with van der Waals surface area (Å²) in [5.41, 5.74) is 1.71. The molecule has 0 heterocycles. The maximum absolute atomic E-state index is 11.0. The van der Waals surface area contributed by atoms with Crippen LogP contribution in [0.4, 0.5) is 0 Å². The molecule has 0 aliphatic heterocycles. The van der Waals surface area contributed by atoms with Crippen molar-refractivity contribution in [1.29, 1.82) is 0 Å². The first kappa shape index (κ1) is 16.6. The van der Waals surface area contributed by atoms with Crippen molar-refractivity contribution in [2.45, 2.75) is 13.2 Å². The first-order valence-electron chi connectivity index (χ1n) is 6.47. The van der Waals surface area contributed by atoms with Crippen LogP contribution in [0.5, 0.6) is 11.5 Å². The van der Waals surface area contributed by atoms with E-state index in [1.807, 2.05) is 6.07 Å². The normalized spacial score (nSPS) is 10.3. The van der Waals surface area contributed by atoms with Crippen LogP contribution >= 0.6 is 22.6 Å². The number of carbonyl (C=O) groups is 1. The third kappa shape index (κ3) is 3.89. The molecule has 0 radical (unpaired) electrons. The molecule has 2 N–H and O–H groups in total. The maximum Gasteiger partial charge on any atom is 0.335 e. The predicted octanol–water partition coefficient (Wildman–Crippen LogP) is 3.07. The van der Waals surface area contributed by atoms with Crippen LogP contribution < -0.4 is 9.47 Å². The summed E-state index contributed by atoms with van der Waals surface area (Å²) in [5.74, 6) is 0.132. The highest BCUT2D eigenvalue weighted by molar-refractivity contribution is 14.1. The first-order chi connectivity index (χ1) is 10.5. The van der Waals surface area contributed by atoms with Crippen molar-refractivity contribution in [3.05, 3.63) is 56.7 Å². The molecule has 0 aromatic heterocycles. The Morgan fingerprint density at radius 2 is 2.00 bits per heavy atom. The molecule has 2 rings (SSSR count). The number of methoxy groups -OCH3 is 1. The van der Waals surface area contributed by atoms with Gasteiger partial charge in [-0.05, 0) is 58.0 Å². The van der Waals surface area contributed by atoms with Crippen molar-refractivity contribution < 1.29 is 24.5 Å². The van der Waals surface area contributed by atoms with E-state index in [9.17, 15) is 9.90 Å². The average molecular weight is 414 g/mol. The van der Waals surface area contributed by atoms with E-state index in [4.69, 9.17) is 14.6 Å². The van der Waals surface area contributed by atoms with Crippen LogP contribution in [-0.4, -0.2) is 23.3 Å². The standard InChI is InChI=1S/C16H15IO5/c1-21-14-7-11(8-18)6-13(17)15(14)22-9-10-3-2-4-12(5-10)16(19)20/h2-7,18H,8-9H2,1H3,(H,19,20). The second-order valence-electron chi connectivity index (χ2n) is 4.56. The zero-order valence-corrected chi connectivity index (χ0v) is 14.0. The van der Waals surface area contributed by atoms with Gasteiger partial charge in [0.15, 0.2) is 11.5 Å². The summed E-state index contributed by atoms with van der Waals surface area (Å²) in [5, 5.41) is 18.2. The molecule has 0 saturated heterocycles. The van der Waals surface area contributed by atoms with E-state index in [1.165, 1.54) is 13.2 Å². The quantitative estimate of drug-likeness (QED) is 0.711. The van der Waals surface area contributed by atoms with Crippen molar-refractivity contribution >= 4 is 28.6 Å². The molecule has 0 saturated carbocycles. The van der Waals surface area contributed by atoms with Crippen LogP contribution in [0.2, 0.25) is 0 Å². The summed E-state index contributed by atoms with van der Waals surface area (Å²) < 4.78 is 11.9. The van der Waals surface area contributed by atoms with Gasteiger partial charge in [0.2, 0.25) is 0 Å². The molecular formula is C16H15IO5. The summed E-state index contributed by atoms with van der Waals surface area (Å²) in [6, 6.07) is 10.1. The topological polar surface area (TPSA) is 76.0 Å². The molecule has 0 fully saturated rings. The van der Waals surface area contributed by atoms with E-state index in [0.717, 1.165) is 14.7 Å². The van der Waals surface area contributed by atoms with Crippen molar-refractivity contribution in [2.24, 2.45) is 0 Å². The van der Waals surface area contributed by atoms with Crippen LogP contribution in [0.3, 0.4) is 0 Å². The number of aromatic carboxylic acids is 1. The fourth-order valence-electron chi connectivity index (χ4n) is 1.95. The minimum absolute atomic E-state index is 0.0761. The van der Waals surface area contributed by atoms with Crippen LogP contribution in [0.1, 0.15) is 21.5 Å². The molecule has 0 amide bonds. The largest absolute Gasteiger partial charge is 0.493 e. The molecule has 0 unspecified atom stereocenters. The number of hydrogen-bond donors (Lipinski definition) is 2. The maximum atomic E-state index is 11.0. The highest BCUT2D eigenvalue weighted by Gasteiger charge is 2.12. The Morgan fingerprint density at radius 1 is 1.23 bits per heavy atom. The van der Waals surface area contributed by atoms with Gasteiger partial charge in [-0.3, -0.25) is 0 Å². The number of rotatable bonds is 6.